The zero-order chi connectivity index (χ0) is 6.41. The Morgan fingerprint density at radius 3 is 2.88 bits per heavy atom. The van der Waals surface area contributed by atoms with E-state index in [1.165, 1.54) is 0 Å². The molecule has 46 valence electrons. The number of rotatable bonds is 1. The first-order valence-electron chi connectivity index (χ1n) is 2.03. The summed E-state index contributed by atoms with van der Waals surface area (Å²) in [6.45, 7) is 1.82. The van der Waals surface area contributed by atoms with Crippen LogP contribution in [0.15, 0.2) is 0 Å². The number of hydrogen-bond acceptors (Lipinski definition) is 2. The van der Waals surface area contributed by atoms with Gasteiger partial charge in [0, 0.05) is 6.42 Å². The molecule has 0 fully saturated rings. The fourth-order valence-corrected chi connectivity index (χ4v) is 0.267. The standard InChI is InChI=1S/C4H6O3S/c1-2-3-4-7-8(5)6/h2H2,1H3,(H,5,6). The Labute approximate surface area is 50.5 Å². The van der Waals surface area contributed by atoms with E-state index >= 15 is 0 Å². The molecule has 0 aromatic carbocycles. The van der Waals surface area contributed by atoms with E-state index in [-0.39, 0.29) is 0 Å². The molecule has 1 N–H and O–H groups in total. The van der Waals surface area contributed by atoms with E-state index in [0.717, 1.165) is 0 Å². The highest BCUT2D eigenvalue weighted by Gasteiger charge is 1.81. The first-order valence-corrected chi connectivity index (χ1v) is 3.06. The van der Waals surface area contributed by atoms with Crippen molar-refractivity contribution in [2.24, 2.45) is 0 Å². The van der Waals surface area contributed by atoms with E-state index in [2.05, 4.69) is 10.1 Å². The van der Waals surface area contributed by atoms with Crippen molar-refractivity contribution in [1.82, 2.24) is 0 Å². The Morgan fingerprint density at radius 1 is 1.88 bits per heavy atom. The zero-order valence-corrected chi connectivity index (χ0v) is 5.20. The normalized spacial score (nSPS) is 11.2. The maximum atomic E-state index is 9.66. The minimum absolute atomic E-state index is 0.622. The molecule has 0 saturated heterocycles. The van der Waals surface area contributed by atoms with Gasteiger partial charge in [0.2, 0.25) is 0 Å². The average molecular weight is 134 g/mol. The fourth-order valence-electron chi connectivity index (χ4n) is 0.137. The van der Waals surface area contributed by atoms with Gasteiger partial charge >= 0.3 is 11.4 Å². The lowest BCUT2D eigenvalue weighted by Gasteiger charge is -1.80. The molecule has 0 aliphatic carbocycles. The first kappa shape index (κ1) is 7.47. The Kier molecular flexibility index (Phi) is 4.32. The summed E-state index contributed by atoms with van der Waals surface area (Å²) in [7, 11) is 0. The Morgan fingerprint density at radius 2 is 2.50 bits per heavy atom. The molecule has 0 spiro atoms. The molecule has 0 amide bonds. The summed E-state index contributed by atoms with van der Waals surface area (Å²) in [5, 5.41) is 0. The van der Waals surface area contributed by atoms with Crippen LogP contribution in [0.2, 0.25) is 0 Å². The van der Waals surface area contributed by atoms with Crippen molar-refractivity contribution in [2.75, 3.05) is 0 Å². The third kappa shape index (κ3) is 5.47. The quantitative estimate of drug-likeness (QED) is 0.420. The maximum Gasteiger partial charge on any atom is 0.366 e. The van der Waals surface area contributed by atoms with Crippen LogP contribution in [0.5, 0.6) is 0 Å². The van der Waals surface area contributed by atoms with E-state index in [9.17, 15) is 4.21 Å². The predicted octanol–water partition coefficient (Wildman–Crippen LogP) is 0.511. The van der Waals surface area contributed by atoms with Gasteiger partial charge in [-0.15, -0.1) is 0 Å². The summed E-state index contributed by atoms with van der Waals surface area (Å²) in [6.07, 6.45) is 2.66. The summed E-state index contributed by atoms with van der Waals surface area (Å²) in [4.78, 5) is 0. The van der Waals surface area contributed by atoms with Crippen LogP contribution in [0.4, 0.5) is 0 Å². The van der Waals surface area contributed by atoms with E-state index in [1.54, 1.807) is 0 Å². The average Bonchev–Trinajstić information content (AvgIpc) is 1.66. The molecule has 0 saturated carbocycles. The molecule has 1 unspecified atom stereocenters. The molecule has 0 aromatic heterocycles. The highest BCUT2D eigenvalue weighted by atomic mass is 32.2. The van der Waals surface area contributed by atoms with Gasteiger partial charge in [0.05, 0.1) is 0 Å². The zero-order valence-electron chi connectivity index (χ0n) is 4.38. The summed E-state index contributed by atoms with van der Waals surface area (Å²) < 4.78 is 21.5. The molecule has 0 radical (unpaired) electrons. The fraction of sp³-hybridized carbons (Fsp3) is 0.500. The van der Waals surface area contributed by atoms with Crippen molar-refractivity contribution in [3.63, 3.8) is 0 Å². The first-order chi connectivity index (χ1) is 3.77. The molecule has 0 aromatic rings. The van der Waals surface area contributed by atoms with Crippen molar-refractivity contribution < 1.29 is 12.9 Å². The monoisotopic (exact) mass is 134 g/mol. The molecule has 0 aliphatic heterocycles. The van der Waals surface area contributed by atoms with Crippen LogP contribution in [-0.2, 0) is 15.5 Å². The van der Waals surface area contributed by atoms with E-state index in [4.69, 9.17) is 4.55 Å². The van der Waals surface area contributed by atoms with Gasteiger partial charge in [0.25, 0.3) is 0 Å². The largest absolute Gasteiger partial charge is 0.366 e. The smallest absolute Gasteiger partial charge is 0.325 e. The Hall–Kier alpha value is -0.530. The van der Waals surface area contributed by atoms with Crippen molar-refractivity contribution >= 4 is 11.4 Å². The second-order valence-corrected chi connectivity index (χ2v) is 1.53. The van der Waals surface area contributed by atoms with Crippen LogP contribution in [-0.4, -0.2) is 8.76 Å². The molecule has 0 aliphatic rings. The lowest BCUT2D eigenvalue weighted by Crippen LogP contribution is -1.85. The van der Waals surface area contributed by atoms with Gasteiger partial charge in [-0.2, -0.15) is 4.21 Å². The van der Waals surface area contributed by atoms with Crippen molar-refractivity contribution in [2.45, 2.75) is 13.3 Å². The summed E-state index contributed by atoms with van der Waals surface area (Å²) >= 11 is -2.24. The minimum Gasteiger partial charge on any atom is -0.325 e. The molecule has 0 rings (SSSR count). The topological polar surface area (TPSA) is 46.5 Å². The summed E-state index contributed by atoms with van der Waals surface area (Å²) in [5.41, 5.74) is 0. The van der Waals surface area contributed by atoms with Gasteiger partial charge in [-0.3, -0.25) is 4.55 Å². The molecule has 3 nitrogen and oxygen atoms in total. The lowest BCUT2D eigenvalue weighted by molar-refractivity contribution is 0.439. The molecular formula is C4H6O3S. The second kappa shape index (κ2) is 4.62. The van der Waals surface area contributed by atoms with Crippen molar-refractivity contribution in [3.8, 4) is 12.0 Å². The Balaban J connectivity index is 3.29. The van der Waals surface area contributed by atoms with E-state index < -0.39 is 11.4 Å². The predicted molar refractivity (Wildman–Crippen MR) is 29.9 cm³/mol. The van der Waals surface area contributed by atoms with Gasteiger partial charge in [0.15, 0.2) is 0 Å². The van der Waals surface area contributed by atoms with E-state index in [1.807, 2.05) is 13.0 Å². The van der Waals surface area contributed by atoms with Gasteiger partial charge in [-0.05, 0) is 0 Å². The van der Waals surface area contributed by atoms with Crippen LogP contribution in [0.25, 0.3) is 0 Å². The summed E-state index contributed by atoms with van der Waals surface area (Å²) in [5.74, 6) is 2.45. The van der Waals surface area contributed by atoms with Crippen LogP contribution in [0, 0.1) is 12.0 Å². The molecule has 1 atom stereocenters. The summed E-state index contributed by atoms with van der Waals surface area (Å²) in [6, 6.07) is 0. The van der Waals surface area contributed by atoms with Crippen LogP contribution in [0.3, 0.4) is 0 Å². The highest BCUT2D eigenvalue weighted by Crippen LogP contribution is 1.74. The van der Waals surface area contributed by atoms with Crippen LogP contribution in [0.1, 0.15) is 13.3 Å². The lowest BCUT2D eigenvalue weighted by atomic mass is 10.5. The van der Waals surface area contributed by atoms with Gasteiger partial charge in [-0.25, -0.2) is 0 Å². The molecular weight excluding hydrogens is 128 g/mol. The van der Waals surface area contributed by atoms with Crippen LogP contribution >= 0.6 is 0 Å². The van der Waals surface area contributed by atoms with Gasteiger partial charge in [0.1, 0.15) is 6.11 Å². The number of hydrogen-bond donors (Lipinski definition) is 1. The minimum atomic E-state index is -2.24. The highest BCUT2D eigenvalue weighted by molar-refractivity contribution is 7.74. The van der Waals surface area contributed by atoms with Crippen LogP contribution < -0.4 is 0 Å². The molecule has 4 heteroatoms. The van der Waals surface area contributed by atoms with Crippen molar-refractivity contribution in [3.05, 3.63) is 0 Å². The van der Waals surface area contributed by atoms with Gasteiger partial charge in [-0.1, -0.05) is 12.8 Å². The van der Waals surface area contributed by atoms with E-state index in [0.29, 0.717) is 6.42 Å². The third-order valence-corrected chi connectivity index (χ3v) is 0.588. The third-order valence-electron chi connectivity index (χ3n) is 0.362. The second-order valence-electron chi connectivity index (χ2n) is 0.933. The Bertz CT molecular complexity index is 132. The molecule has 0 bridgehead atoms. The maximum absolute atomic E-state index is 9.66. The van der Waals surface area contributed by atoms with Gasteiger partial charge < -0.3 is 4.18 Å². The molecule has 8 heavy (non-hydrogen) atoms. The van der Waals surface area contributed by atoms with Crippen molar-refractivity contribution in [1.29, 1.82) is 0 Å². The SMILES string of the molecule is CCC#COS(=O)O. The molecule has 0 heterocycles.